The maximum atomic E-state index is 12.9. The molecule has 182 valence electrons. The summed E-state index contributed by atoms with van der Waals surface area (Å²) in [6.45, 7) is 0.283. The number of amides is 2. The van der Waals surface area contributed by atoms with E-state index in [0.717, 1.165) is 5.56 Å². The fraction of sp³-hybridized carbons (Fsp3) is 0.0385. The number of nitrogens with one attached hydrogen (secondary N) is 3. The van der Waals surface area contributed by atoms with Gasteiger partial charge in [-0.2, -0.15) is 0 Å². The lowest BCUT2D eigenvalue weighted by atomic mass is 10.1. The van der Waals surface area contributed by atoms with E-state index in [2.05, 4.69) is 20.3 Å². The molecule has 0 unspecified atom stereocenters. The standard InChI is InChI=1S/C26H21ClN4O4S/c27-22-15-19(12-13-24(22)31-36(34,35)20-8-2-1-3-9-20)25(32)30-23-11-5-4-10-21(23)26(33)29-17-18-7-6-14-28-16-18/h1-16,31H,17H2,(H,29,33)(H,30,32). The Bertz CT molecular complexity index is 1500. The maximum absolute atomic E-state index is 12.9. The molecular formula is C26H21ClN4O4S. The fourth-order valence-electron chi connectivity index (χ4n) is 3.31. The average molecular weight is 521 g/mol. The summed E-state index contributed by atoms with van der Waals surface area (Å²) in [7, 11) is -3.84. The smallest absolute Gasteiger partial charge is 0.261 e. The van der Waals surface area contributed by atoms with Gasteiger partial charge in [-0.15, -0.1) is 0 Å². The van der Waals surface area contributed by atoms with Gasteiger partial charge in [-0.3, -0.25) is 19.3 Å². The van der Waals surface area contributed by atoms with Crippen LogP contribution in [-0.2, 0) is 16.6 Å². The Morgan fingerprint density at radius 1 is 0.833 bits per heavy atom. The van der Waals surface area contributed by atoms with Crippen LogP contribution in [0.2, 0.25) is 5.02 Å². The summed E-state index contributed by atoms with van der Waals surface area (Å²) in [4.78, 5) is 29.7. The number of hydrogen-bond acceptors (Lipinski definition) is 5. The van der Waals surface area contributed by atoms with Gasteiger partial charge in [0.15, 0.2) is 0 Å². The van der Waals surface area contributed by atoms with E-state index >= 15 is 0 Å². The Labute approximate surface area is 213 Å². The van der Waals surface area contributed by atoms with Gasteiger partial charge in [0.05, 0.1) is 26.9 Å². The molecule has 1 aromatic heterocycles. The summed E-state index contributed by atoms with van der Waals surface area (Å²) in [6, 6.07) is 22.3. The fourth-order valence-corrected chi connectivity index (χ4v) is 4.69. The number of halogens is 1. The Morgan fingerprint density at radius 2 is 1.58 bits per heavy atom. The van der Waals surface area contributed by atoms with Crippen molar-refractivity contribution in [3.05, 3.63) is 119 Å². The lowest BCUT2D eigenvalue weighted by molar-refractivity contribution is 0.0951. The van der Waals surface area contributed by atoms with Gasteiger partial charge in [-0.1, -0.05) is 48.0 Å². The molecule has 0 saturated heterocycles. The summed E-state index contributed by atoms with van der Waals surface area (Å²) < 4.78 is 27.6. The highest BCUT2D eigenvalue weighted by Gasteiger charge is 2.18. The molecule has 1 heterocycles. The molecule has 36 heavy (non-hydrogen) atoms. The van der Waals surface area contributed by atoms with Crippen molar-refractivity contribution in [2.45, 2.75) is 11.4 Å². The van der Waals surface area contributed by atoms with Crippen LogP contribution in [0.3, 0.4) is 0 Å². The average Bonchev–Trinajstić information content (AvgIpc) is 2.90. The molecule has 0 aliphatic carbocycles. The third-order valence-electron chi connectivity index (χ3n) is 5.12. The van der Waals surface area contributed by atoms with Crippen LogP contribution in [0.25, 0.3) is 0 Å². The summed E-state index contributed by atoms with van der Waals surface area (Å²) in [5.41, 5.74) is 1.76. The van der Waals surface area contributed by atoms with Crippen LogP contribution in [0.5, 0.6) is 0 Å². The molecule has 0 radical (unpaired) electrons. The Kier molecular flexibility index (Phi) is 7.62. The summed E-state index contributed by atoms with van der Waals surface area (Å²) in [6.07, 6.45) is 3.30. The zero-order valence-electron chi connectivity index (χ0n) is 18.8. The highest BCUT2D eigenvalue weighted by Crippen LogP contribution is 2.26. The molecule has 4 rings (SSSR count). The number of carbonyl (C=O) groups is 2. The summed E-state index contributed by atoms with van der Waals surface area (Å²) in [5.74, 6) is -0.875. The Hall–Kier alpha value is -4.21. The SMILES string of the molecule is O=C(Nc1ccccc1C(=O)NCc1cccnc1)c1ccc(NS(=O)(=O)c2ccccc2)c(Cl)c1. The van der Waals surface area contributed by atoms with Gasteiger partial charge in [0, 0.05) is 24.5 Å². The first-order valence-corrected chi connectivity index (χ1v) is 12.6. The van der Waals surface area contributed by atoms with Crippen molar-refractivity contribution in [1.29, 1.82) is 0 Å². The molecule has 3 aromatic carbocycles. The van der Waals surface area contributed by atoms with Crippen molar-refractivity contribution >= 4 is 44.8 Å². The highest BCUT2D eigenvalue weighted by molar-refractivity contribution is 7.92. The van der Waals surface area contributed by atoms with Crippen LogP contribution < -0.4 is 15.4 Å². The van der Waals surface area contributed by atoms with Gasteiger partial charge in [0.25, 0.3) is 21.8 Å². The van der Waals surface area contributed by atoms with Crippen LogP contribution in [0.4, 0.5) is 11.4 Å². The first-order valence-electron chi connectivity index (χ1n) is 10.8. The number of hydrogen-bond donors (Lipinski definition) is 3. The number of para-hydroxylation sites is 1. The van der Waals surface area contributed by atoms with Crippen molar-refractivity contribution in [2.24, 2.45) is 0 Å². The largest absolute Gasteiger partial charge is 0.348 e. The van der Waals surface area contributed by atoms with Gasteiger partial charge in [-0.05, 0) is 54.1 Å². The molecular weight excluding hydrogens is 500 g/mol. The molecule has 4 aromatic rings. The first-order chi connectivity index (χ1) is 17.3. The number of aromatic nitrogens is 1. The molecule has 0 spiro atoms. The van der Waals surface area contributed by atoms with Crippen LogP contribution in [0.15, 0.2) is 102 Å². The van der Waals surface area contributed by atoms with Gasteiger partial charge in [-0.25, -0.2) is 8.42 Å². The Morgan fingerprint density at radius 3 is 2.31 bits per heavy atom. The number of nitrogens with zero attached hydrogens (tertiary/aromatic N) is 1. The van der Waals surface area contributed by atoms with Crippen molar-refractivity contribution in [3.8, 4) is 0 Å². The predicted octanol–water partition coefficient (Wildman–Crippen LogP) is 4.72. The number of sulfonamides is 1. The lowest BCUT2D eigenvalue weighted by Crippen LogP contribution is -2.25. The van der Waals surface area contributed by atoms with Gasteiger partial charge >= 0.3 is 0 Å². The second-order valence-corrected chi connectivity index (χ2v) is 9.75. The molecule has 0 aliphatic heterocycles. The van der Waals surface area contributed by atoms with Crippen LogP contribution in [-0.4, -0.2) is 25.2 Å². The number of pyridine rings is 1. The molecule has 0 aliphatic rings. The number of carbonyl (C=O) groups excluding carboxylic acids is 2. The van der Waals surface area contributed by atoms with Crippen molar-refractivity contribution in [3.63, 3.8) is 0 Å². The Balaban J connectivity index is 1.46. The van der Waals surface area contributed by atoms with E-state index in [4.69, 9.17) is 11.6 Å². The van der Waals surface area contributed by atoms with Crippen LogP contribution >= 0.6 is 11.6 Å². The number of rotatable bonds is 8. The summed E-state index contributed by atoms with van der Waals surface area (Å²) >= 11 is 6.27. The molecule has 0 fully saturated rings. The second kappa shape index (κ2) is 11.0. The van der Waals surface area contributed by atoms with Crippen molar-refractivity contribution in [1.82, 2.24) is 10.3 Å². The van der Waals surface area contributed by atoms with E-state index in [1.807, 2.05) is 6.07 Å². The van der Waals surface area contributed by atoms with Gasteiger partial charge in [0.1, 0.15) is 0 Å². The van der Waals surface area contributed by atoms with E-state index in [0.29, 0.717) is 5.69 Å². The van der Waals surface area contributed by atoms with Crippen molar-refractivity contribution in [2.75, 3.05) is 10.0 Å². The second-order valence-electron chi connectivity index (χ2n) is 7.66. The molecule has 0 bridgehead atoms. The number of anilines is 2. The van der Waals surface area contributed by atoms with E-state index in [1.54, 1.807) is 60.9 Å². The predicted molar refractivity (Wildman–Crippen MR) is 139 cm³/mol. The maximum Gasteiger partial charge on any atom is 0.261 e. The van der Waals surface area contributed by atoms with E-state index in [1.165, 1.54) is 30.3 Å². The van der Waals surface area contributed by atoms with E-state index in [-0.39, 0.29) is 39.2 Å². The van der Waals surface area contributed by atoms with Crippen molar-refractivity contribution < 1.29 is 18.0 Å². The first kappa shape index (κ1) is 24.9. The quantitative estimate of drug-likeness (QED) is 0.311. The third-order valence-corrected chi connectivity index (χ3v) is 6.82. The summed E-state index contributed by atoms with van der Waals surface area (Å²) in [5, 5.41) is 5.57. The van der Waals surface area contributed by atoms with Crippen LogP contribution in [0.1, 0.15) is 26.3 Å². The highest BCUT2D eigenvalue weighted by atomic mass is 35.5. The van der Waals surface area contributed by atoms with E-state index < -0.39 is 15.9 Å². The molecule has 2 amide bonds. The minimum Gasteiger partial charge on any atom is -0.348 e. The number of benzene rings is 3. The topological polar surface area (TPSA) is 117 Å². The monoisotopic (exact) mass is 520 g/mol. The minimum atomic E-state index is -3.84. The molecule has 0 atom stereocenters. The van der Waals surface area contributed by atoms with Gasteiger partial charge < -0.3 is 10.6 Å². The zero-order chi connectivity index (χ0) is 25.5. The molecule has 3 N–H and O–H groups in total. The normalized spacial score (nSPS) is 10.9. The molecule has 10 heteroatoms. The molecule has 8 nitrogen and oxygen atoms in total. The minimum absolute atomic E-state index is 0.0460. The molecule has 0 saturated carbocycles. The van der Waals surface area contributed by atoms with Gasteiger partial charge in [0.2, 0.25) is 0 Å². The van der Waals surface area contributed by atoms with Crippen LogP contribution in [0, 0.1) is 0 Å². The van der Waals surface area contributed by atoms with E-state index in [9.17, 15) is 18.0 Å². The lowest BCUT2D eigenvalue weighted by Gasteiger charge is -2.13. The zero-order valence-corrected chi connectivity index (χ0v) is 20.4. The third kappa shape index (κ3) is 6.07.